The molecule has 3 aromatic rings. The smallest absolute Gasteiger partial charge is 0.339 e. The van der Waals surface area contributed by atoms with Gasteiger partial charge in [-0.15, -0.1) is 0 Å². The summed E-state index contributed by atoms with van der Waals surface area (Å²) >= 11 is 0. The molecule has 3 rings (SSSR count). The van der Waals surface area contributed by atoms with Gasteiger partial charge in [0, 0.05) is 17.0 Å². The fourth-order valence-corrected chi connectivity index (χ4v) is 2.28. The van der Waals surface area contributed by atoms with E-state index in [4.69, 9.17) is 4.42 Å². The second-order valence-corrected chi connectivity index (χ2v) is 4.92. The van der Waals surface area contributed by atoms with Crippen molar-refractivity contribution < 1.29 is 14.6 Å². The Labute approximate surface area is 120 Å². The minimum absolute atomic E-state index is 0.231. The lowest BCUT2D eigenvalue weighted by Gasteiger charge is -2.04. The van der Waals surface area contributed by atoms with Crippen molar-refractivity contribution >= 4 is 11.0 Å². The number of rotatable bonds is 3. The summed E-state index contributed by atoms with van der Waals surface area (Å²) in [6.45, 7) is 0. The third-order valence-electron chi connectivity index (χ3n) is 3.43. The fraction of sp³-hybridized carbons (Fsp3) is 0.118. The summed E-state index contributed by atoms with van der Waals surface area (Å²) in [7, 11) is 0. The van der Waals surface area contributed by atoms with Gasteiger partial charge < -0.3 is 14.6 Å². The van der Waals surface area contributed by atoms with Gasteiger partial charge >= 0.3 is 5.63 Å². The van der Waals surface area contributed by atoms with Crippen molar-refractivity contribution in [2.45, 2.75) is 12.8 Å². The monoisotopic (exact) mass is 282 g/mol. The molecular formula is C17H14O4. The van der Waals surface area contributed by atoms with Crippen LogP contribution in [-0.2, 0) is 12.8 Å². The molecule has 4 heteroatoms. The van der Waals surface area contributed by atoms with Crippen molar-refractivity contribution in [3.8, 4) is 11.5 Å². The van der Waals surface area contributed by atoms with Crippen LogP contribution >= 0.6 is 0 Å². The third kappa shape index (κ3) is 2.74. The first-order valence-electron chi connectivity index (χ1n) is 6.66. The van der Waals surface area contributed by atoms with E-state index in [0.717, 1.165) is 12.0 Å². The maximum atomic E-state index is 11.9. The molecule has 0 aliphatic rings. The molecule has 21 heavy (non-hydrogen) atoms. The first-order chi connectivity index (χ1) is 10.1. The van der Waals surface area contributed by atoms with Crippen LogP contribution in [-0.4, -0.2) is 10.2 Å². The number of aromatic hydroxyl groups is 2. The standard InChI is InChI=1S/C17H14O4/c18-14-9-13-8-12(7-6-11-4-2-1-3-5-11)17(20)21-16(13)10-15(14)19/h1-5,8-10,18-19H,6-7H2. The van der Waals surface area contributed by atoms with Crippen molar-refractivity contribution in [2.24, 2.45) is 0 Å². The third-order valence-corrected chi connectivity index (χ3v) is 3.43. The summed E-state index contributed by atoms with van der Waals surface area (Å²) < 4.78 is 5.19. The summed E-state index contributed by atoms with van der Waals surface area (Å²) in [5.41, 5.74) is 1.55. The van der Waals surface area contributed by atoms with Crippen LogP contribution in [0.5, 0.6) is 11.5 Å². The van der Waals surface area contributed by atoms with Gasteiger partial charge in [0.15, 0.2) is 11.5 Å². The Morgan fingerprint density at radius 3 is 2.38 bits per heavy atom. The molecule has 0 aliphatic heterocycles. The number of phenols is 2. The molecule has 0 bridgehead atoms. The quantitative estimate of drug-likeness (QED) is 0.572. The van der Waals surface area contributed by atoms with Crippen LogP contribution < -0.4 is 5.63 Å². The lowest BCUT2D eigenvalue weighted by Crippen LogP contribution is -2.08. The van der Waals surface area contributed by atoms with Gasteiger partial charge in [-0.2, -0.15) is 0 Å². The van der Waals surface area contributed by atoms with Crippen LogP contribution in [0.1, 0.15) is 11.1 Å². The molecule has 0 atom stereocenters. The van der Waals surface area contributed by atoms with Gasteiger partial charge in [0.1, 0.15) is 5.58 Å². The molecular weight excluding hydrogens is 268 g/mol. The topological polar surface area (TPSA) is 70.7 Å². The first-order valence-corrected chi connectivity index (χ1v) is 6.66. The molecule has 2 aromatic carbocycles. The van der Waals surface area contributed by atoms with Crippen molar-refractivity contribution in [2.75, 3.05) is 0 Å². The molecule has 4 nitrogen and oxygen atoms in total. The highest BCUT2D eigenvalue weighted by molar-refractivity contribution is 5.81. The Bertz CT molecular complexity index is 835. The minimum Gasteiger partial charge on any atom is -0.504 e. The predicted octanol–water partition coefficient (Wildman–Crippen LogP) is 2.99. The van der Waals surface area contributed by atoms with Crippen molar-refractivity contribution in [1.82, 2.24) is 0 Å². The number of benzene rings is 2. The Morgan fingerprint density at radius 1 is 0.905 bits per heavy atom. The number of hydrogen-bond acceptors (Lipinski definition) is 4. The van der Waals surface area contributed by atoms with E-state index in [9.17, 15) is 15.0 Å². The van der Waals surface area contributed by atoms with E-state index in [1.54, 1.807) is 6.07 Å². The molecule has 1 aromatic heterocycles. The van der Waals surface area contributed by atoms with Crippen LogP contribution in [0, 0.1) is 0 Å². The molecule has 106 valence electrons. The summed E-state index contributed by atoms with van der Waals surface area (Å²) in [6.07, 6.45) is 1.30. The van der Waals surface area contributed by atoms with E-state index < -0.39 is 5.63 Å². The van der Waals surface area contributed by atoms with Crippen LogP contribution in [0.2, 0.25) is 0 Å². The molecule has 1 heterocycles. The zero-order valence-electron chi connectivity index (χ0n) is 11.2. The van der Waals surface area contributed by atoms with Gasteiger partial charge in [0.2, 0.25) is 0 Å². The summed E-state index contributed by atoms with van der Waals surface area (Å²) in [5, 5.41) is 19.5. The van der Waals surface area contributed by atoms with Crippen LogP contribution in [0.3, 0.4) is 0 Å². The van der Waals surface area contributed by atoms with E-state index in [0.29, 0.717) is 17.4 Å². The van der Waals surface area contributed by atoms with Gasteiger partial charge in [-0.05, 0) is 30.5 Å². The van der Waals surface area contributed by atoms with E-state index in [1.807, 2.05) is 30.3 Å². The zero-order chi connectivity index (χ0) is 14.8. The second-order valence-electron chi connectivity index (χ2n) is 4.92. The average Bonchev–Trinajstić information content (AvgIpc) is 2.48. The lowest BCUT2D eigenvalue weighted by molar-refractivity contribution is 0.403. The molecule has 0 radical (unpaired) electrons. The van der Waals surface area contributed by atoms with E-state index in [1.165, 1.54) is 12.1 Å². The Kier molecular flexibility index (Phi) is 3.36. The molecule has 0 amide bonds. The average molecular weight is 282 g/mol. The number of hydrogen-bond donors (Lipinski definition) is 2. The Hall–Kier alpha value is -2.75. The zero-order valence-corrected chi connectivity index (χ0v) is 11.2. The van der Waals surface area contributed by atoms with Crippen LogP contribution in [0.25, 0.3) is 11.0 Å². The van der Waals surface area contributed by atoms with Crippen LogP contribution in [0.15, 0.2) is 57.7 Å². The first kappa shape index (κ1) is 13.2. The lowest BCUT2D eigenvalue weighted by atomic mass is 10.0. The van der Waals surface area contributed by atoms with Crippen LogP contribution in [0.4, 0.5) is 0 Å². The van der Waals surface area contributed by atoms with Gasteiger partial charge in [0.05, 0.1) is 0 Å². The molecule has 0 saturated carbocycles. The largest absolute Gasteiger partial charge is 0.504 e. The molecule has 2 N–H and O–H groups in total. The molecule has 0 saturated heterocycles. The van der Waals surface area contributed by atoms with E-state index >= 15 is 0 Å². The Balaban J connectivity index is 1.94. The molecule has 0 fully saturated rings. The highest BCUT2D eigenvalue weighted by atomic mass is 16.4. The number of fused-ring (bicyclic) bond motifs is 1. The highest BCUT2D eigenvalue weighted by Gasteiger charge is 2.09. The SMILES string of the molecule is O=c1oc2cc(O)c(O)cc2cc1CCc1ccccc1. The van der Waals surface area contributed by atoms with Gasteiger partial charge in [-0.3, -0.25) is 0 Å². The Morgan fingerprint density at radius 2 is 1.62 bits per heavy atom. The van der Waals surface area contributed by atoms with Gasteiger partial charge in [0.25, 0.3) is 0 Å². The summed E-state index contributed by atoms with van der Waals surface area (Å²) in [6, 6.07) is 14.2. The summed E-state index contributed by atoms with van der Waals surface area (Å²) in [5.74, 6) is -0.534. The predicted molar refractivity (Wildman–Crippen MR) is 79.7 cm³/mol. The molecule has 0 spiro atoms. The maximum Gasteiger partial charge on any atom is 0.339 e. The maximum absolute atomic E-state index is 11.9. The van der Waals surface area contributed by atoms with Crippen molar-refractivity contribution in [3.63, 3.8) is 0 Å². The fourth-order valence-electron chi connectivity index (χ4n) is 2.28. The van der Waals surface area contributed by atoms with Crippen molar-refractivity contribution in [1.29, 1.82) is 0 Å². The second kappa shape index (κ2) is 5.32. The normalized spacial score (nSPS) is 10.9. The van der Waals surface area contributed by atoms with Gasteiger partial charge in [-0.1, -0.05) is 30.3 Å². The number of aryl methyl sites for hydroxylation is 2. The number of phenolic OH excluding ortho intramolecular Hbond substituents is 2. The summed E-state index contributed by atoms with van der Waals surface area (Å²) in [4.78, 5) is 11.9. The minimum atomic E-state index is -0.413. The van der Waals surface area contributed by atoms with E-state index in [-0.39, 0.29) is 17.1 Å². The van der Waals surface area contributed by atoms with Gasteiger partial charge in [-0.25, -0.2) is 4.79 Å². The van der Waals surface area contributed by atoms with E-state index in [2.05, 4.69) is 0 Å². The molecule has 0 unspecified atom stereocenters. The highest BCUT2D eigenvalue weighted by Crippen LogP contribution is 2.29. The van der Waals surface area contributed by atoms with Crippen molar-refractivity contribution in [3.05, 3.63) is 70.1 Å². The molecule has 0 aliphatic carbocycles.